The number of aliphatic hydroxyl groups excluding tert-OH is 1. The van der Waals surface area contributed by atoms with E-state index in [4.69, 9.17) is 5.73 Å². The number of piperazine rings is 1. The van der Waals surface area contributed by atoms with Gasteiger partial charge in [-0.25, -0.2) is 23.6 Å². The van der Waals surface area contributed by atoms with Gasteiger partial charge in [-0.1, -0.05) is 24.0 Å². The average molecular weight is 861 g/mol. The molecule has 3 heterocycles. The van der Waals surface area contributed by atoms with Crippen LogP contribution >= 0.6 is 0 Å². The van der Waals surface area contributed by atoms with Crippen LogP contribution in [0.25, 0.3) is 5.57 Å². The highest BCUT2D eigenvalue weighted by molar-refractivity contribution is 6.09. The van der Waals surface area contributed by atoms with Crippen LogP contribution in [0.1, 0.15) is 54.5 Å². The van der Waals surface area contributed by atoms with Gasteiger partial charge in [0, 0.05) is 79.1 Å². The molecule has 2 aliphatic heterocycles. The minimum Gasteiger partial charge on any atom is -0.453 e. The van der Waals surface area contributed by atoms with Crippen molar-refractivity contribution in [2.24, 2.45) is 16.1 Å². The summed E-state index contributed by atoms with van der Waals surface area (Å²) >= 11 is 0. The van der Waals surface area contributed by atoms with Gasteiger partial charge >= 0.3 is 18.8 Å². The lowest BCUT2D eigenvalue weighted by Crippen LogP contribution is -2.62. The molecule has 3 aromatic rings. The Hall–Kier alpha value is -5.71. The van der Waals surface area contributed by atoms with Crippen LogP contribution in [0.15, 0.2) is 65.9 Å². The summed E-state index contributed by atoms with van der Waals surface area (Å²) in [6.45, 7) is -0.819. The fourth-order valence-electron chi connectivity index (χ4n) is 6.99. The molecule has 1 aromatic heterocycles. The Labute approximate surface area is 348 Å². The molecule has 2 bridgehead atoms. The number of anilines is 1. The summed E-state index contributed by atoms with van der Waals surface area (Å²) < 4.78 is 102. The highest BCUT2D eigenvalue weighted by atomic mass is 19.4. The molecule has 61 heavy (non-hydrogen) atoms. The number of hydrogen-bond donors (Lipinski definition) is 6. The summed E-state index contributed by atoms with van der Waals surface area (Å²) in [5, 5.41) is 21.9. The van der Waals surface area contributed by atoms with E-state index in [0.717, 1.165) is 57.2 Å². The zero-order valence-electron chi connectivity index (χ0n) is 33.5. The fourth-order valence-corrected chi connectivity index (χ4v) is 6.99. The first kappa shape index (κ1) is 46.4. The van der Waals surface area contributed by atoms with Crippen molar-refractivity contribution in [1.29, 1.82) is 0 Å². The van der Waals surface area contributed by atoms with E-state index in [1.807, 2.05) is 17.4 Å². The van der Waals surface area contributed by atoms with E-state index >= 15 is 8.78 Å². The predicted octanol–water partition coefficient (Wildman–Crippen LogP) is 4.78. The van der Waals surface area contributed by atoms with Crippen LogP contribution in [0.4, 0.5) is 41.3 Å². The van der Waals surface area contributed by atoms with E-state index in [-0.39, 0.29) is 17.6 Å². The number of nitrogens with two attached hydrogens (primary N) is 1. The smallest absolute Gasteiger partial charge is 0.407 e. The van der Waals surface area contributed by atoms with Gasteiger partial charge in [-0.05, 0) is 80.6 Å². The molecule has 2 amide bonds. The average Bonchev–Trinajstić information content (AvgIpc) is 3.56. The Balaban J connectivity index is 1.31. The maximum atomic E-state index is 15.1. The van der Waals surface area contributed by atoms with E-state index in [2.05, 4.69) is 47.4 Å². The molecule has 2 saturated heterocycles. The molecule has 328 valence electrons. The van der Waals surface area contributed by atoms with Gasteiger partial charge < -0.3 is 41.7 Å². The molecule has 2 aromatic carbocycles. The molecule has 12 nitrogen and oxygen atoms in total. The third kappa shape index (κ3) is 12.2. The zero-order valence-corrected chi connectivity index (χ0v) is 33.5. The second kappa shape index (κ2) is 20.2. The Kier molecular flexibility index (Phi) is 15.4. The summed E-state index contributed by atoms with van der Waals surface area (Å²) in [7, 11) is 0.912. The monoisotopic (exact) mass is 860 g/mol. The van der Waals surface area contributed by atoms with Gasteiger partial charge in [0.1, 0.15) is 23.5 Å². The number of amides is 2. The predicted molar refractivity (Wildman–Crippen MR) is 214 cm³/mol. The van der Waals surface area contributed by atoms with E-state index in [0.29, 0.717) is 48.8 Å². The van der Waals surface area contributed by atoms with Crippen molar-refractivity contribution in [1.82, 2.24) is 26.3 Å². The van der Waals surface area contributed by atoms with Crippen molar-refractivity contribution in [3.05, 3.63) is 100 Å². The molecule has 0 radical (unpaired) electrons. The first-order valence-electron chi connectivity index (χ1n) is 19.3. The third-order valence-corrected chi connectivity index (χ3v) is 10.6. The first-order valence-corrected chi connectivity index (χ1v) is 19.3. The van der Waals surface area contributed by atoms with Crippen molar-refractivity contribution in [3.63, 3.8) is 0 Å². The standard InChI is InChI=1S/C42H47F7N8O4/c1-41(2,42(47,48)49)37(56-40(60)61-3)38(59)55-34(35(58)21-51-20-31-32(43)15-27(16-33(31)44)28(17-50)19-53-39(45)46)14-25-7-4-24(5-8-25)6-9-26-10-13-36(52-18-26)57-22-29-11-12-30(23-57)54-29/h4-5,7-8,10,13,15-19,29-30,34-35,37,39,51,54,58H,11-12,14,20-23,50H2,1-3H3,(H,55,59)(H,56,60)/t29?,30?,34-,35-,37+/m0/s1. The van der Waals surface area contributed by atoms with Crippen molar-refractivity contribution < 1.29 is 50.2 Å². The molecule has 2 fully saturated rings. The van der Waals surface area contributed by atoms with Crippen molar-refractivity contribution in [3.8, 4) is 11.8 Å². The number of pyridine rings is 1. The van der Waals surface area contributed by atoms with Crippen molar-refractivity contribution in [2.75, 3.05) is 31.6 Å². The number of hydrogen-bond acceptors (Lipinski definition) is 10. The third-order valence-electron chi connectivity index (χ3n) is 10.6. The number of nitrogens with zero attached hydrogens (tertiary/aromatic N) is 3. The second-order valence-electron chi connectivity index (χ2n) is 15.3. The number of allylic oxidation sites excluding steroid dienone is 1. The molecule has 0 spiro atoms. The maximum absolute atomic E-state index is 15.1. The number of rotatable bonds is 15. The minimum atomic E-state index is -4.98. The molecule has 19 heteroatoms. The number of methoxy groups -OCH3 is 1. The Morgan fingerprint density at radius 2 is 1.66 bits per heavy atom. The number of aliphatic hydroxyl groups is 1. The van der Waals surface area contributed by atoms with Crippen molar-refractivity contribution in [2.45, 2.75) is 82.7 Å². The molecule has 0 aliphatic carbocycles. The second-order valence-corrected chi connectivity index (χ2v) is 15.3. The summed E-state index contributed by atoms with van der Waals surface area (Å²) in [5.74, 6) is 3.54. The molecule has 5 rings (SSSR count). The van der Waals surface area contributed by atoms with E-state index in [1.165, 1.54) is 0 Å². The van der Waals surface area contributed by atoms with Crippen LogP contribution in [0.2, 0.25) is 0 Å². The van der Waals surface area contributed by atoms with Gasteiger partial charge in [-0.15, -0.1) is 0 Å². The number of carbonyl (C=O) groups excluding carboxylic acids is 2. The molecule has 5 atom stereocenters. The normalized spacial score (nSPS) is 18.4. The highest BCUT2D eigenvalue weighted by Crippen LogP contribution is 2.40. The number of ether oxygens (including phenoxy) is 1. The number of halogens is 7. The molecule has 0 saturated carbocycles. The summed E-state index contributed by atoms with van der Waals surface area (Å²) in [4.78, 5) is 35.4. The topological polar surface area (TPSA) is 166 Å². The van der Waals surface area contributed by atoms with Crippen LogP contribution < -0.4 is 31.9 Å². The van der Waals surface area contributed by atoms with E-state index in [9.17, 15) is 36.6 Å². The summed E-state index contributed by atoms with van der Waals surface area (Å²) in [5.41, 5.74) is 3.57. The number of alkyl halides is 5. The van der Waals surface area contributed by atoms with Crippen LogP contribution in [0, 0.1) is 28.9 Å². The van der Waals surface area contributed by atoms with Crippen LogP contribution in [0.5, 0.6) is 0 Å². The highest BCUT2D eigenvalue weighted by Gasteiger charge is 2.56. The molecule has 2 unspecified atom stereocenters. The van der Waals surface area contributed by atoms with Gasteiger partial charge in [0.05, 0.1) is 24.7 Å². The van der Waals surface area contributed by atoms with Gasteiger partial charge in [0.15, 0.2) is 0 Å². The number of carbonyl (C=O) groups is 2. The van der Waals surface area contributed by atoms with Gasteiger partial charge in [-0.2, -0.15) is 22.0 Å². The van der Waals surface area contributed by atoms with Gasteiger partial charge in [-0.3, -0.25) is 4.79 Å². The Bertz CT molecular complexity index is 2090. The number of aliphatic imine (C=N–C) groups is 1. The largest absolute Gasteiger partial charge is 0.453 e. The lowest BCUT2D eigenvalue weighted by Gasteiger charge is -2.36. The quantitative estimate of drug-likeness (QED) is 0.0546. The molecule has 2 aliphatic rings. The number of alkyl carbamates (subject to hydrolysis) is 1. The molecule has 7 N–H and O–H groups in total. The first-order chi connectivity index (χ1) is 28.9. The summed E-state index contributed by atoms with van der Waals surface area (Å²) in [6, 6.07) is 9.58. The van der Waals surface area contributed by atoms with Crippen molar-refractivity contribution >= 4 is 29.6 Å². The number of aromatic nitrogens is 1. The minimum absolute atomic E-state index is 0.148. The van der Waals surface area contributed by atoms with Gasteiger partial charge in [0.25, 0.3) is 0 Å². The Morgan fingerprint density at radius 1 is 1.03 bits per heavy atom. The lowest BCUT2D eigenvalue weighted by atomic mass is 9.82. The molecular weight excluding hydrogens is 814 g/mol. The SMILES string of the molecule is COC(=O)N[C@H](C(=O)N[C@@H](Cc1ccc(C#Cc2ccc(N3CC4CCC(C3)N4)nc2)cc1)[C@@H](O)CNCc1c(F)cc(C(C=NC(F)F)=CN)cc1F)C(C)(C)C(F)(F)F. The van der Waals surface area contributed by atoms with Crippen LogP contribution in [0.3, 0.4) is 0 Å². The van der Waals surface area contributed by atoms with Gasteiger partial charge in [0.2, 0.25) is 5.91 Å². The zero-order chi connectivity index (χ0) is 44.5. The summed E-state index contributed by atoms with van der Waals surface area (Å²) in [6.07, 6.45) is -2.50. The Morgan fingerprint density at radius 3 is 2.21 bits per heavy atom. The maximum Gasteiger partial charge on any atom is 0.407 e. The number of fused-ring (bicyclic) bond motifs is 2. The molecular formula is C42H47F7N8O4. The van der Waals surface area contributed by atoms with Crippen LogP contribution in [-0.2, 0) is 22.5 Å². The number of benzene rings is 2. The van der Waals surface area contributed by atoms with E-state index < -0.39 is 78.6 Å². The number of nitrogens with one attached hydrogen (secondary N) is 4. The lowest BCUT2D eigenvalue weighted by molar-refractivity contribution is -0.220. The van der Waals surface area contributed by atoms with Crippen LogP contribution in [-0.4, -0.2) is 98.0 Å². The van der Waals surface area contributed by atoms with E-state index in [1.54, 1.807) is 30.5 Å². The fraction of sp³-hybridized carbons (Fsp3) is 0.429.